The average molecular weight is 266 g/mol. The number of aliphatic hydroxyl groups is 1. The van der Waals surface area contributed by atoms with Crippen LogP contribution in [0.4, 0.5) is 0 Å². The Morgan fingerprint density at radius 1 is 0.944 bits per heavy atom. The topological polar surface area (TPSA) is 57.2 Å². The fourth-order valence-corrected chi connectivity index (χ4v) is 0.939. The first kappa shape index (κ1) is 20.1. The van der Waals surface area contributed by atoms with Crippen LogP contribution in [0.3, 0.4) is 0 Å². The van der Waals surface area contributed by atoms with Crippen LogP contribution in [-0.4, -0.2) is 64.1 Å². The predicted molar refractivity (Wildman–Crippen MR) is 71.9 cm³/mol. The number of hydrogen-bond acceptors (Lipinski definition) is 5. The Morgan fingerprint density at radius 3 is 1.89 bits per heavy atom. The molecule has 1 N–H and O–H groups in total. The summed E-state index contributed by atoms with van der Waals surface area (Å²) >= 11 is 0. The number of aliphatic hydroxyl groups excluding tert-OH is 1. The highest BCUT2D eigenvalue weighted by molar-refractivity contribution is 4.50. The van der Waals surface area contributed by atoms with E-state index in [1.807, 2.05) is 20.8 Å². The molecule has 0 amide bonds. The minimum atomic E-state index is -0.319. The van der Waals surface area contributed by atoms with Gasteiger partial charge in [0, 0.05) is 20.8 Å². The van der Waals surface area contributed by atoms with Crippen LogP contribution in [0.15, 0.2) is 0 Å². The standard InChI is InChI=1S/C8H18O3.C5H12O2/c1-7(10-4)6-11-8(2)5-9-3;1-3-7-4-5(2)6/h7-8H,5-6H2,1-4H3;5-6H,3-4H2,1-2H3. The van der Waals surface area contributed by atoms with Crippen molar-refractivity contribution in [3.8, 4) is 0 Å². The molecular formula is C13H30O5. The fraction of sp³-hybridized carbons (Fsp3) is 1.00. The molecule has 18 heavy (non-hydrogen) atoms. The molecule has 0 saturated heterocycles. The van der Waals surface area contributed by atoms with Gasteiger partial charge < -0.3 is 24.1 Å². The quantitative estimate of drug-likeness (QED) is 0.685. The molecule has 0 heterocycles. The Kier molecular flexibility index (Phi) is 16.6. The lowest BCUT2D eigenvalue weighted by molar-refractivity contribution is -0.0386. The van der Waals surface area contributed by atoms with Crippen LogP contribution in [0.2, 0.25) is 0 Å². The van der Waals surface area contributed by atoms with Crippen molar-refractivity contribution in [1.82, 2.24) is 0 Å². The fourth-order valence-electron chi connectivity index (χ4n) is 0.939. The van der Waals surface area contributed by atoms with Gasteiger partial charge in [-0.2, -0.15) is 0 Å². The third-order valence-corrected chi connectivity index (χ3v) is 1.98. The van der Waals surface area contributed by atoms with Gasteiger partial charge in [-0.3, -0.25) is 0 Å². The first-order valence-electron chi connectivity index (χ1n) is 6.36. The lowest BCUT2D eigenvalue weighted by Crippen LogP contribution is -2.21. The molecule has 0 saturated carbocycles. The molecule has 0 aromatic carbocycles. The Balaban J connectivity index is 0. The van der Waals surface area contributed by atoms with Crippen molar-refractivity contribution >= 4 is 0 Å². The summed E-state index contributed by atoms with van der Waals surface area (Å²) in [5.74, 6) is 0. The van der Waals surface area contributed by atoms with E-state index in [4.69, 9.17) is 24.1 Å². The van der Waals surface area contributed by atoms with Crippen molar-refractivity contribution in [2.75, 3.05) is 40.6 Å². The van der Waals surface area contributed by atoms with Crippen molar-refractivity contribution in [3.05, 3.63) is 0 Å². The largest absolute Gasteiger partial charge is 0.391 e. The molecule has 0 aliphatic heterocycles. The van der Waals surface area contributed by atoms with Gasteiger partial charge in [-0.05, 0) is 27.7 Å². The maximum absolute atomic E-state index is 8.56. The highest BCUT2D eigenvalue weighted by atomic mass is 16.5. The van der Waals surface area contributed by atoms with E-state index in [1.54, 1.807) is 21.1 Å². The molecule has 3 unspecified atom stereocenters. The van der Waals surface area contributed by atoms with Crippen LogP contribution >= 0.6 is 0 Å². The van der Waals surface area contributed by atoms with Crippen molar-refractivity contribution in [1.29, 1.82) is 0 Å². The van der Waals surface area contributed by atoms with Gasteiger partial charge >= 0.3 is 0 Å². The molecule has 0 radical (unpaired) electrons. The average Bonchev–Trinajstić information content (AvgIpc) is 2.34. The summed E-state index contributed by atoms with van der Waals surface area (Å²) < 4.78 is 20.1. The van der Waals surface area contributed by atoms with Gasteiger partial charge in [-0.1, -0.05) is 0 Å². The maximum atomic E-state index is 8.56. The summed E-state index contributed by atoms with van der Waals surface area (Å²) in [4.78, 5) is 0. The zero-order valence-corrected chi connectivity index (χ0v) is 12.6. The Hall–Kier alpha value is -0.200. The summed E-state index contributed by atoms with van der Waals surface area (Å²) in [6.45, 7) is 9.96. The summed E-state index contributed by atoms with van der Waals surface area (Å²) in [5, 5.41) is 8.56. The monoisotopic (exact) mass is 266 g/mol. The molecule has 0 aliphatic carbocycles. The van der Waals surface area contributed by atoms with E-state index < -0.39 is 0 Å². The number of methoxy groups -OCH3 is 2. The molecular weight excluding hydrogens is 236 g/mol. The second kappa shape index (κ2) is 14.9. The number of ether oxygens (including phenoxy) is 4. The van der Waals surface area contributed by atoms with Crippen LogP contribution < -0.4 is 0 Å². The van der Waals surface area contributed by atoms with Gasteiger partial charge in [-0.15, -0.1) is 0 Å². The van der Waals surface area contributed by atoms with Gasteiger partial charge in [0.25, 0.3) is 0 Å². The first-order chi connectivity index (χ1) is 8.47. The Bertz CT molecular complexity index is 152. The van der Waals surface area contributed by atoms with E-state index in [9.17, 15) is 0 Å². The van der Waals surface area contributed by atoms with E-state index in [0.717, 1.165) is 0 Å². The molecule has 0 rings (SSSR count). The first-order valence-corrected chi connectivity index (χ1v) is 6.36. The molecule has 0 aromatic heterocycles. The predicted octanol–water partition coefficient (Wildman–Crippen LogP) is 1.48. The van der Waals surface area contributed by atoms with Crippen molar-refractivity contribution in [2.24, 2.45) is 0 Å². The Morgan fingerprint density at radius 2 is 1.56 bits per heavy atom. The van der Waals surface area contributed by atoms with Crippen molar-refractivity contribution in [2.45, 2.75) is 46.0 Å². The van der Waals surface area contributed by atoms with Gasteiger partial charge in [0.15, 0.2) is 0 Å². The smallest absolute Gasteiger partial charge is 0.0781 e. The van der Waals surface area contributed by atoms with Gasteiger partial charge in [0.05, 0.1) is 38.1 Å². The van der Waals surface area contributed by atoms with E-state index in [-0.39, 0.29) is 18.3 Å². The number of rotatable bonds is 9. The Labute approximate surface area is 111 Å². The van der Waals surface area contributed by atoms with Crippen LogP contribution in [0.5, 0.6) is 0 Å². The minimum Gasteiger partial charge on any atom is -0.391 e. The third-order valence-electron chi connectivity index (χ3n) is 1.98. The normalized spacial score (nSPS) is 15.5. The van der Waals surface area contributed by atoms with E-state index in [0.29, 0.717) is 26.4 Å². The summed E-state index contributed by atoms with van der Waals surface area (Å²) in [6.07, 6.45) is -0.00754. The lowest BCUT2D eigenvalue weighted by atomic mass is 10.4. The molecule has 3 atom stereocenters. The molecule has 0 spiro atoms. The zero-order valence-electron chi connectivity index (χ0n) is 12.6. The minimum absolute atomic E-state index is 0.151. The summed E-state index contributed by atoms with van der Waals surface area (Å²) in [5.41, 5.74) is 0. The molecule has 0 aromatic rings. The van der Waals surface area contributed by atoms with E-state index in [1.165, 1.54) is 0 Å². The highest BCUT2D eigenvalue weighted by Crippen LogP contribution is 1.95. The molecule has 112 valence electrons. The van der Waals surface area contributed by atoms with Crippen LogP contribution in [0.1, 0.15) is 27.7 Å². The van der Waals surface area contributed by atoms with Crippen molar-refractivity contribution in [3.63, 3.8) is 0 Å². The second-order valence-corrected chi connectivity index (χ2v) is 4.15. The zero-order chi connectivity index (χ0) is 14.4. The highest BCUT2D eigenvalue weighted by Gasteiger charge is 2.04. The van der Waals surface area contributed by atoms with Gasteiger partial charge in [-0.25, -0.2) is 0 Å². The number of hydrogen-bond donors (Lipinski definition) is 1. The van der Waals surface area contributed by atoms with Gasteiger partial charge in [0.1, 0.15) is 0 Å². The molecule has 5 nitrogen and oxygen atoms in total. The van der Waals surface area contributed by atoms with Crippen molar-refractivity contribution < 1.29 is 24.1 Å². The van der Waals surface area contributed by atoms with Gasteiger partial charge in [0.2, 0.25) is 0 Å². The molecule has 0 bridgehead atoms. The SMILES string of the molecule is CCOCC(C)O.COCC(C)OCC(C)OC. The van der Waals surface area contributed by atoms with Crippen LogP contribution in [0, 0.1) is 0 Å². The molecule has 0 aliphatic rings. The molecule has 0 fully saturated rings. The lowest BCUT2D eigenvalue weighted by Gasteiger charge is -2.14. The molecule has 5 heteroatoms. The third kappa shape index (κ3) is 18.2. The summed E-state index contributed by atoms with van der Waals surface area (Å²) in [7, 11) is 3.34. The van der Waals surface area contributed by atoms with E-state index in [2.05, 4.69) is 0 Å². The summed E-state index contributed by atoms with van der Waals surface area (Å²) in [6, 6.07) is 0. The maximum Gasteiger partial charge on any atom is 0.0781 e. The second-order valence-electron chi connectivity index (χ2n) is 4.15. The van der Waals surface area contributed by atoms with Crippen LogP contribution in [0.25, 0.3) is 0 Å². The van der Waals surface area contributed by atoms with Crippen LogP contribution in [-0.2, 0) is 18.9 Å². The van der Waals surface area contributed by atoms with E-state index >= 15 is 0 Å².